The van der Waals surface area contributed by atoms with Crippen molar-refractivity contribution in [1.29, 1.82) is 0 Å². The van der Waals surface area contributed by atoms with E-state index < -0.39 is 0 Å². The number of aromatic amines is 1. The Morgan fingerprint density at radius 1 is 1.21 bits per heavy atom. The Morgan fingerprint density at radius 2 is 1.93 bits per heavy atom. The molecule has 0 unspecified atom stereocenters. The highest BCUT2D eigenvalue weighted by molar-refractivity contribution is 5.19. The SMILES string of the molecule is CC(C)n1[nH]c2c(c1=O)CCCCC2. The van der Waals surface area contributed by atoms with Crippen LogP contribution in [0.25, 0.3) is 0 Å². The van der Waals surface area contributed by atoms with Gasteiger partial charge in [0, 0.05) is 17.3 Å². The van der Waals surface area contributed by atoms with Gasteiger partial charge < -0.3 is 0 Å². The first kappa shape index (κ1) is 9.56. The second-order valence-electron chi connectivity index (χ2n) is 4.40. The summed E-state index contributed by atoms with van der Waals surface area (Å²) in [6.45, 7) is 4.08. The molecule has 0 aromatic carbocycles. The van der Waals surface area contributed by atoms with Crippen LogP contribution in [0.3, 0.4) is 0 Å². The number of H-pyrrole nitrogens is 1. The highest BCUT2D eigenvalue weighted by Crippen LogP contribution is 2.16. The lowest BCUT2D eigenvalue weighted by molar-refractivity contribution is 0.507. The molecule has 0 atom stereocenters. The van der Waals surface area contributed by atoms with Gasteiger partial charge in [0.1, 0.15) is 0 Å². The molecule has 1 aliphatic rings. The van der Waals surface area contributed by atoms with Crippen molar-refractivity contribution in [3.63, 3.8) is 0 Å². The van der Waals surface area contributed by atoms with Gasteiger partial charge in [0.2, 0.25) is 0 Å². The summed E-state index contributed by atoms with van der Waals surface area (Å²) in [5.74, 6) is 0. The molecule has 0 spiro atoms. The van der Waals surface area contributed by atoms with Crippen molar-refractivity contribution in [2.24, 2.45) is 0 Å². The van der Waals surface area contributed by atoms with Gasteiger partial charge in [-0.25, -0.2) is 0 Å². The third-order valence-corrected chi connectivity index (χ3v) is 2.97. The standard InChI is InChI=1S/C11H18N2O/c1-8(2)13-11(14)9-6-4-3-5-7-10(9)12-13/h8,12H,3-7H2,1-2H3. The van der Waals surface area contributed by atoms with Crippen molar-refractivity contribution in [3.05, 3.63) is 21.6 Å². The molecule has 0 fully saturated rings. The van der Waals surface area contributed by atoms with Crippen molar-refractivity contribution in [3.8, 4) is 0 Å². The van der Waals surface area contributed by atoms with Crippen molar-refractivity contribution in [1.82, 2.24) is 9.78 Å². The summed E-state index contributed by atoms with van der Waals surface area (Å²) in [4.78, 5) is 11.9. The predicted molar refractivity (Wildman–Crippen MR) is 56.7 cm³/mol. The fourth-order valence-corrected chi connectivity index (χ4v) is 2.15. The molecule has 14 heavy (non-hydrogen) atoms. The number of hydrogen-bond acceptors (Lipinski definition) is 1. The van der Waals surface area contributed by atoms with Crippen molar-refractivity contribution in [2.75, 3.05) is 0 Å². The molecule has 0 amide bonds. The third kappa shape index (κ3) is 1.51. The molecule has 3 heteroatoms. The number of nitrogens with zero attached hydrogens (tertiary/aromatic N) is 1. The summed E-state index contributed by atoms with van der Waals surface area (Å²) in [6.07, 6.45) is 5.64. The van der Waals surface area contributed by atoms with E-state index in [1.165, 1.54) is 18.5 Å². The average Bonchev–Trinajstić information content (AvgIpc) is 2.37. The minimum absolute atomic E-state index is 0.205. The highest BCUT2D eigenvalue weighted by atomic mass is 16.1. The van der Waals surface area contributed by atoms with Gasteiger partial charge in [-0.3, -0.25) is 14.6 Å². The molecule has 3 nitrogen and oxygen atoms in total. The van der Waals surface area contributed by atoms with Gasteiger partial charge in [0.15, 0.2) is 0 Å². The second kappa shape index (κ2) is 3.64. The number of hydrogen-bond donors (Lipinski definition) is 1. The Balaban J connectivity index is 2.45. The van der Waals surface area contributed by atoms with Crippen LogP contribution in [0.5, 0.6) is 0 Å². The fraction of sp³-hybridized carbons (Fsp3) is 0.727. The van der Waals surface area contributed by atoms with E-state index in [4.69, 9.17) is 0 Å². The summed E-state index contributed by atoms with van der Waals surface area (Å²) < 4.78 is 1.76. The normalized spacial score (nSPS) is 16.8. The molecule has 0 saturated heterocycles. The lowest BCUT2D eigenvalue weighted by Crippen LogP contribution is -2.20. The van der Waals surface area contributed by atoms with Gasteiger partial charge >= 0.3 is 0 Å². The van der Waals surface area contributed by atoms with Gasteiger partial charge in [-0.2, -0.15) is 0 Å². The van der Waals surface area contributed by atoms with Gasteiger partial charge in [0.25, 0.3) is 5.56 Å². The summed E-state index contributed by atoms with van der Waals surface area (Å²) in [7, 11) is 0. The predicted octanol–water partition coefficient (Wildman–Crippen LogP) is 2.03. The zero-order chi connectivity index (χ0) is 10.1. The van der Waals surface area contributed by atoms with E-state index in [0.717, 1.165) is 24.8 Å². The van der Waals surface area contributed by atoms with Crippen LogP contribution in [0.15, 0.2) is 4.79 Å². The largest absolute Gasteiger partial charge is 0.299 e. The van der Waals surface area contributed by atoms with E-state index in [0.29, 0.717) is 0 Å². The molecule has 1 heterocycles. The van der Waals surface area contributed by atoms with E-state index >= 15 is 0 Å². The van der Waals surface area contributed by atoms with E-state index in [1.807, 2.05) is 13.8 Å². The molecule has 1 N–H and O–H groups in total. The Hall–Kier alpha value is -0.990. The van der Waals surface area contributed by atoms with Crippen LogP contribution < -0.4 is 5.56 Å². The van der Waals surface area contributed by atoms with Crippen LogP contribution in [0.2, 0.25) is 0 Å². The van der Waals surface area contributed by atoms with Crippen molar-refractivity contribution < 1.29 is 0 Å². The molecule has 78 valence electrons. The first-order chi connectivity index (χ1) is 6.70. The lowest BCUT2D eigenvalue weighted by atomic mass is 10.1. The Labute approximate surface area is 84.1 Å². The number of aryl methyl sites for hydroxylation is 1. The quantitative estimate of drug-likeness (QED) is 0.682. The maximum absolute atomic E-state index is 11.9. The van der Waals surface area contributed by atoms with Crippen LogP contribution in [0.4, 0.5) is 0 Å². The molecule has 0 radical (unpaired) electrons. The maximum atomic E-state index is 11.9. The summed E-state index contributed by atoms with van der Waals surface area (Å²) in [5, 5.41) is 3.25. The van der Waals surface area contributed by atoms with Crippen LogP contribution in [0, 0.1) is 0 Å². The molecule has 1 aliphatic carbocycles. The second-order valence-corrected chi connectivity index (χ2v) is 4.40. The van der Waals surface area contributed by atoms with E-state index in [-0.39, 0.29) is 11.6 Å². The first-order valence-electron chi connectivity index (χ1n) is 5.52. The minimum atomic E-state index is 0.205. The van der Waals surface area contributed by atoms with Crippen molar-refractivity contribution >= 4 is 0 Å². The van der Waals surface area contributed by atoms with Crippen LogP contribution in [-0.2, 0) is 12.8 Å². The van der Waals surface area contributed by atoms with Gasteiger partial charge in [0.05, 0.1) is 0 Å². The monoisotopic (exact) mass is 194 g/mol. The molecular weight excluding hydrogens is 176 g/mol. The van der Waals surface area contributed by atoms with Crippen LogP contribution in [0.1, 0.15) is 50.4 Å². The molecule has 1 aromatic rings. The van der Waals surface area contributed by atoms with Gasteiger partial charge in [-0.1, -0.05) is 6.42 Å². The van der Waals surface area contributed by atoms with Gasteiger partial charge in [-0.15, -0.1) is 0 Å². The van der Waals surface area contributed by atoms with E-state index in [2.05, 4.69) is 5.10 Å². The van der Waals surface area contributed by atoms with E-state index in [9.17, 15) is 4.79 Å². The molecule has 2 rings (SSSR count). The number of aromatic nitrogens is 2. The average molecular weight is 194 g/mol. The topological polar surface area (TPSA) is 37.8 Å². The summed E-state index contributed by atoms with van der Waals surface area (Å²) >= 11 is 0. The molecule has 1 aromatic heterocycles. The number of fused-ring (bicyclic) bond motifs is 1. The van der Waals surface area contributed by atoms with Crippen LogP contribution >= 0.6 is 0 Å². The van der Waals surface area contributed by atoms with E-state index in [1.54, 1.807) is 4.68 Å². The summed E-state index contributed by atoms with van der Waals surface area (Å²) in [5.41, 5.74) is 2.43. The minimum Gasteiger partial charge on any atom is -0.299 e. The molecular formula is C11H18N2O. The fourth-order valence-electron chi connectivity index (χ4n) is 2.15. The smallest absolute Gasteiger partial charge is 0.270 e. The highest BCUT2D eigenvalue weighted by Gasteiger charge is 2.17. The molecule has 0 bridgehead atoms. The van der Waals surface area contributed by atoms with Gasteiger partial charge in [-0.05, 0) is 39.5 Å². The summed E-state index contributed by atoms with van der Waals surface area (Å²) in [6, 6.07) is 0.245. The van der Waals surface area contributed by atoms with Crippen molar-refractivity contribution in [2.45, 2.75) is 52.0 Å². The third-order valence-electron chi connectivity index (χ3n) is 2.97. The Bertz CT molecular complexity index is 373. The molecule has 0 aliphatic heterocycles. The number of rotatable bonds is 1. The lowest BCUT2D eigenvalue weighted by Gasteiger charge is -2.04. The zero-order valence-corrected chi connectivity index (χ0v) is 8.97. The zero-order valence-electron chi connectivity index (χ0n) is 8.97. The Kier molecular flexibility index (Phi) is 2.48. The Morgan fingerprint density at radius 3 is 2.64 bits per heavy atom. The van der Waals surface area contributed by atoms with Crippen LogP contribution in [-0.4, -0.2) is 9.78 Å². The first-order valence-corrected chi connectivity index (χ1v) is 5.52. The number of nitrogens with one attached hydrogen (secondary N) is 1. The maximum Gasteiger partial charge on any atom is 0.270 e. The molecule has 0 saturated carbocycles.